The number of nitrogens with one attached hydrogen (secondary N) is 1. The highest BCUT2D eigenvalue weighted by molar-refractivity contribution is 9.11. The van der Waals surface area contributed by atoms with Crippen molar-refractivity contribution in [1.82, 2.24) is 5.32 Å². The molecule has 1 aromatic rings. The van der Waals surface area contributed by atoms with Crippen molar-refractivity contribution in [3.8, 4) is 0 Å². The van der Waals surface area contributed by atoms with Crippen molar-refractivity contribution in [2.24, 2.45) is 0 Å². The van der Waals surface area contributed by atoms with Gasteiger partial charge in [0.25, 0.3) is 0 Å². The molecular weight excluding hydrogens is 312 g/mol. The molecule has 78 valence electrons. The number of halogens is 2. The first-order valence-corrected chi connectivity index (χ1v) is 5.72. The smallest absolute Gasteiger partial charge is 0.0915 e. The molecule has 5 heteroatoms. The molecule has 0 aliphatic carbocycles. The molecule has 0 heterocycles. The fourth-order valence-corrected chi connectivity index (χ4v) is 2.33. The van der Waals surface area contributed by atoms with Crippen molar-refractivity contribution >= 4 is 37.5 Å². The SMILES string of the molecule is CNCC(O)c1cc(Br)c(N)c(Br)c1. The molecule has 0 radical (unpaired) electrons. The Labute approximate surface area is 99.9 Å². The van der Waals surface area contributed by atoms with Crippen LogP contribution < -0.4 is 11.1 Å². The summed E-state index contributed by atoms with van der Waals surface area (Å²) in [5.74, 6) is 0. The summed E-state index contributed by atoms with van der Waals surface area (Å²) >= 11 is 6.66. The zero-order valence-corrected chi connectivity index (χ0v) is 10.9. The Kier molecular flexibility index (Phi) is 4.37. The van der Waals surface area contributed by atoms with E-state index in [1.54, 1.807) is 7.05 Å². The van der Waals surface area contributed by atoms with Gasteiger partial charge in [-0.15, -0.1) is 0 Å². The molecule has 0 spiro atoms. The van der Waals surface area contributed by atoms with E-state index in [0.29, 0.717) is 12.2 Å². The predicted molar refractivity (Wildman–Crippen MR) is 65.1 cm³/mol. The lowest BCUT2D eigenvalue weighted by Crippen LogP contribution is -2.16. The van der Waals surface area contributed by atoms with Crippen LogP contribution in [0.25, 0.3) is 0 Å². The highest BCUT2D eigenvalue weighted by Crippen LogP contribution is 2.31. The minimum Gasteiger partial charge on any atom is -0.397 e. The van der Waals surface area contributed by atoms with Crippen molar-refractivity contribution in [3.05, 3.63) is 26.6 Å². The van der Waals surface area contributed by atoms with Crippen LogP contribution in [-0.2, 0) is 0 Å². The predicted octanol–water partition coefficient (Wildman–Crippen LogP) is 2.05. The Bertz CT molecular complexity index is 308. The number of aliphatic hydroxyl groups is 1. The van der Waals surface area contributed by atoms with E-state index in [1.807, 2.05) is 12.1 Å². The zero-order chi connectivity index (χ0) is 10.7. The van der Waals surface area contributed by atoms with Crippen molar-refractivity contribution in [2.75, 3.05) is 19.3 Å². The monoisotopic (exact) mass is 322 g/mol. The second kappa shape index (κ2) is 5.11. The van der Waals surface area contributed by atoms with E-state index in [1.165, 1.54) is 0 Å². The van der Waals surface area contributed by atoms with Crippen LogP contribution in [0.4, 0.5) is 5.69 Å². The lowest BCUT2D eigenvalue weighted by Gasteiger charge is -2.12. The molecule has 3 nitrogen and oxygen atoms in total. The maximum absolute atomic E-state index is 9.72. The Morgan fingerprint density at radius 2 is 1.93 bits per heavy atom. The lowest BCUT2D eigenvalue weighted by molar-refractivity contribution is 0.177. The van der Waals surface area contributed by atoms with E-state index in [4.69, 9.17) is 5.73 Å². The van der Waals surface area contributed by atoms with Crippen LogP contribution in [0, 0.1) is 0 Å². The molecule has 0 saturated carbocycles. The summed E-state index contributed by atoms with van der Waals surface area (Å²) in [6.45, 7) is 0.517. The van der Waals surface area contributed by atoms with E-state index >= 15 is 0 Å². The fraction of sp³-hybridized carbons (Fsp3) is 0.333. The maximum atomic E-state index is 9.72. The second-order valence-electron chi connectivity index (χ2n) is 2.97. The Morgan fingerprint density at radius 1 is 1.43 bits per heavy atom. The number of benzene rings is 1. The summed E-state index contributed by atoms with van der Waals surface area (Å²) in [6, 6.07) is 3.64. The van der Waals surface area contributed by atoms with Gasteiger partial charge in [-0.2, -0.15) is 0 Å². The number of nitrogens with two attached hydrogens (primary N) is 1. The van der Waals surface area contributed by atoms with Gasteiger partial charge in [-0.1, -0.05) is 0 Å². The number of hydrogen-bond acceptors (Lipinski definition) is 3. The van der Waals surface area contributed by atoms with Gasteiger partial charge < -0.3 is 16.2 Å². The van der Waals surface area contributed by atoms with Crippen LogP contribution in [-0.4, -0.2) is 18.7 Å². The van der Waals surface area contributed by atoms with E-state index in [9.17, 15) is 5.11 Å². The molecule has 0 bridgehead atoms. The van der Waals surface area contributed by atoms with Gasteiger partial charge in [-0.3, -0.25) is 0 Å². The Balaban J connectivity index is 3.00. The molecule has 1 rings (SSSR count). The number of rotatable bonds is 3. The molecule has 0 aliphatic heterocycles. The third-order valence-corrected chi connectivity index (χ3v) is 3.20. The van der Waals surface area contributed by atoms with Crippen LogP contribution >= 0.6 is 31.9 Å². The molecule has 1 unspecified atom stereocenters. The third kappa shape index (κ3) is 2.70. The fourth-order valence-electron chi connectivity index (χ4n) is 1.11. The number of aliphatic hydroxyl groups excluding tert-OH is 1. The molecule has 0 saturated heterocycles. The van der Waals surface area contributed by atoms with Gasteiger partial charge in [0.2, 0.25) is 0 Å². The van der Waals surface area contributed by atoms with Gasteiger partial charge in [0.15, 0.2) is 0 Å². The van der Waals surface area contributed by atoms with Gasteiger partial charge in [0, 0.05) is 15.5 Å². The number of nitrogen functional groups attached to an aromatic ring is 1. The van der Waals surface area contributed by atoms with Crippen LogP contribution in [0.5, 0.6) is 0 Å². The summed E-state index contributed by atoms with van der Waals surface area (Å²) in [5.41, 5.74) is 7.20. The highest BCUT2D eigenvalue weighted by atomic mass is 79.9. The van der Waals surface area contributed by atoms with E-state index in [-0.39, 0.29) is 0 Å². The first kappa shape index (κ1) is 12.0. The maximum Gasteiger partial charge on any atom is 0.0915 e. The van der Waals surface area contributed by atoms with E-state index in [0.717, 1.165) is 14.5 Å². The molecule has 0 amide bonds. The molecule has 1 atom stereocenters. The van der Waals surface area contributed by atoms with E-state index < -0.39 is 6.10 Å². The number of anilines is 1. The largest absolute Gasteiger partial charge is 0.397 e. The molecule has 0 aliphatic rings. The van der Waals surface area contributed by atoms with Crippen LogP contribution in [0.1, 0.15) is 11.7 Å². The lowest BCUT2D eigenvalue weighted by atomic mass is 10.1. The summed E-state index contributed by atoms with van der Waals surface area (Å²) in [5, 5.41) is 12.6. The normalized spacial score (nSPS) is 12.9. The summed E-state index contributed by atoms with van der Waals surface area (Å²) in [6.07, 6.45) is -0.520. The van der Waals surface area contributed by atoms with Crippen molar-refractivity contribution in [1.29, 1.82) is 0 Å². The Morgan fingerprint density at radius 3 is 2.36 bits per heavy atom. The van der Waals surface area contributed by atoms with E-state index in [2.05, 4.69) is 37.2 Å². The third-order valence-electron chi connectivity index (χ3n) is 1.88. The van der Waals surface area contributed by atoms with Gasteiger partial charge in [-0.05, 0) is 56.6 Å². The van der Waals surface area contributed by atoms with Crippen LogP contribution in [0.2, 0.25) is 0 Å². The number of likely N-dealkylation sites (N-methyl/N-ethyl adjacent to an activating group) is 1. The minimum atomic E-state index is -0.520. The average Bonchev–Trinajstić information content (AvgIpc) is 2.13. The van der Waals surface area contributed by atoms with Crippen LogP contribution in [0.3, 0.4) is 0 Å². The summed E-state index contributed by atoms with van der Waals surface area (Å²) in [4.78, 5) is 0. The molecule has 0 fully saturated rings. The number of hydrogen-bond donors (Lipinski definition) is 3. The second-order valence-corrected chi connectivity index (χ2v) is 4.68. The first-order chi connectivity index (χ1) is 6.56. The van der Waals surface area contributed by atoms with Gasteiger partial charge >= 0.3 is 0 Å². The summed E-state index contributed by atoms with van der Waals surface area (Å²) < 4.78 is 1.58. The summed E-state index contributed by atoms with van der Waals surface area (Å²) in [7, 11) is 1.80. The Hall–Kier alpha value is -0.100. The highest BCUT2D eigenvalue weighted by Gasteiger charge is 2.10. The molecule has 4 N–H and O–H groups in total. The molecule has 1 aromatic carbocycles. The minimum absolute atomic E-state index is 0.517. The average molecular weight is 324 g/mol. The molecule has 14 heavy (non-hydrogen) atoms. The van der Waals surface area contributed by atoms with Crippen LogP contribution in [0.15, 0.2) is 21.1 Å². The topological polar surface area (TPSA) is 58.3 Å². The van der Waals surface area contributed by atoms with Gasteiger partial charge in [0.1, 0.15) is 0 Å². The molecular formula is C9H12Br2N2O. The first-order valence-electron chi connectivity index (χ1n) is 4.13. The zero-order valence-electron chi connectivity index (χ0n) is 7.72. The quantitative estimate of drug-likeness (QED) is 0.746. The molecule has 0 aromatic heterocycles. The van der Waals surface area contributed by atoms with Crippen molar-refractivity contribution < 1.29 is 5.11 Å². The van der Waals surface area contributed by atoms with Gasteiger partial charge in [0.05, 0.1) is 11.8 Å². The van der Waals surface area contributed by atoms with Crippen molar-refractivity contribution in [3.63, 3.8) is 0 Å². The van der Waals surface area contributed by atoms with Gasteiger partial charge in [-0.25, -0.2) is 0 Å². The van der Waals surface area contributed by atoms with Crippen molar-refractivity contribution in [2.45, 2.75) is 6.10 Å². The standard InChI is InChI=1S/C9H12Br2N2O/c1-13-4-8(14)5-2-6(10)9(12)7(11)3-5/h2-3,8,13-14H,4,12H2,1H3.